The zero-order chi connectivity index (χ0) is 15.9. The third-order valence-electron chi connectivity index (χ3n) is 3.03. The van der Waals surface area contributed by atoms with Crippen LogP contribution in [0, 0.1) is 0 Å². The summed E-state index contributed by atoms with van der Waals surface area (Å²) in [6.45, 7) is 2.47. The molecular formula is C18H17BrO3. The number of carbonyl (C=O) groups excluding carboxylic acids is 1. The van der Waals surface area contributed by atoms with Crippen LogP contribution in [0.25, 0.3) is 6.08 Å². The molecule has 0 spiro atoms. The second kappa shape index (κ2) is 7.80. The fourth-order valence-corrected chi connectivity index (χ4v) is 2.57. The van der Waals surface area contributed by atoms with E-state index in [4.69, 9.17) is 9.47 Å². The van der Waals surface area contributed by atoms with Gasteiger partial charge in [0.15, 0.2) is 17.3 Å². The third-order valence-corrected chi connectivity index (χ3v) is 3.61. The second-order valence-electron chi connectivity index (χ2n) is 4.53. The molecule has 0 fully saturated rings. The number of benzene rings is 2. The topological polar surface area (TPSA) is 35.5 Å². The summed E-state index contributed by atoms with van der Waals surface area (Å²) >= 11 is 3.47. The molecule has 2 rings (SSSR count). The molecule has 22 heavy (non-hydrogen) atoms. The lowest BCUT2D eigenvalue weighted by Crippen LogP contribution is -1.97. The Labute approximate surface area is 138 Å². The van der Waals surface area contributed by atoms with Crippen molar-refractivity contribution in [2.45, 2.75) is 6.92 Å². The van der Waals surface area contributed by atoms with Crippen LogP contribution in [0.5, 0.6) is 11.5 Å². The average molecular weight is 361 g/mol. The Hall–Kier alpha value is -2.07. The SMILES string of the molecule is CCOc1c(Br)cc(/C=C\C(=O)c2ccccc2)cc1OC. The molecule has 114 valence electrons. The van der Waals surface area contributed by atoms with Gasteiger partial charge in [0.05, 0.1) is 18.2 Å². The van der Waals surface area contributed by atoms with Gasteiger partial charge < -0.3 is 9.47 Å². The molecule has 0 saturated heterocycles. The summed E-state index contributed by atoms with van der Waals surface area (Å²) in [5, 5.41) is 0. The summed E-state index contributed by atoms with van der Waals surface area (Å²) in [5.74, 6) is 1.25. The molecule has 0 heterocycles. The number of halogens is 1. The minimum atomic E-state index is -0.0374. The standard InChI is InChI=1S/C18H17BrO3/c1-3-22-18-15(19)11-13(12-17(18)21-2)9-10-16(20)14-7-5-4-6-8-14/h4-12H,3H2,1-2H3/b10-9-. The molecule has 0 aliphatic carbocycles. The van der Waals surface area contributed by atoms with Crippen molar-refractivity contribution in [1.82, 2.24) is 0 Å². The van der Waals surface area contributed by atoms with E-state index >= 15 is 0 Å². The van der Waals surface area contributed by atoms with E-state index in [9.17, 15) is 4.79 Å². The van der Waals surface area contributed by atoms with Crippen LogP contribution in [-0.4, -0.2) is 19.5 Å². The lowest BCUT2D eigenvalue weighted by Gasteiger charge is -2.12. The lowest BCUT2D eigenvalue weighted by atomic mass is 10.1. The van der Waals surface area contributed by atoms with Crippen molar-refractivity contribution in [3.8, 4) is 11.5 Å². The average Bonchev–Trinajstić information content (AvgIpc) is 2.55. The predicted molar refractivity (Wildman–Crippen MR) is 91.7 cm³/mol. The molecular weight excluding hydrogens is 344 g/mol. The number of hydrogen-bond donors (Lipinski definition) is 0. The second-order valence-corrected chi connectivity index (χ2v) is 5.39. The first-order chi connectivity index (χ1) is 10.7. The van der Waals surface area contributed by atoms with E-state index in [-0.39, 0.29) is 5.78 Å². The maximum Gasteiger partial charge on any atom is 0.185 e. The number of hydrogen-bond acceptors (Lipinski definition) is 3. The lowest BCUT2D eigenvalue weighted by molar-refractivity contribution is 0.104. The van der Waals surface area contributed by atoms with E-state index in [1.165, 1.54) is 0 Å². The van der Waals surface area contributed by atoms with Crippen LogP contribution in [0.15, 0.2) is 53.0 Å². The van der Waals surface area contributed by atoms with E-state index < -0.39 is 0 Å². The van der Waals surface area contributed by atoms with Gasteiger partial charge in [0.2, 0.25) is 0 Å². The fourth-order valence-electron chi connectivity index (χ4n) is 1.99. The number of ether oxygens (including phenoxy) is 2. The number of methoxy groups -OCH3 is 1. The van der Waals surface area contributed by atoms with Gasteiger partial charge in [-0.25, -0.2) is 0 Å². The van der Waals surface area contributed by atoms with E-state index in [1.54, 1.807) is 31.4 Å². The molecule has 0 saturated carbocycles. The normalized spacial score (nSPS) is 10.7. The van der Waals surface area contributed by atoms with E-state index in [0.29, 0.717) is 23.7 Å². The highest BCUT2D eigenvalue weighted by Gasteiger charge is 2.10. The quantitative estimate of drug-likeness (QED) is 0.550. The van der Waals surface area contributed by atoms with Crippen LogP contribution < -0.4 is 9.47 Å². The zero-order valence-corrected chi connectivity index (χ0v) is 14.1. The summed E-state index contributed by atoms with van der Waals surface area (Å²) in [6.07, 6.45) is 3.31. The Morgan fingerprint density at radius 1 is 1.23 bits per heavy atom. The first-order valence-corrected chi connectivity index (χ1v) is 7.72. The van der Waals surface area contributed by atoms with Crippen molar-refractivity contribution in [2.75, 3.05) is 13.7 Å². The number of allylic oxidation sites excluding steroid dienone is 1. The zero-order valence-electron chi connectivity index (χ0n) is 12.5. The predicted octanol–water partition coefficient (Wildman–Crippen LogP) is 4.75. The summed E-state index contributed by atoms with van der Waals surface area (Å²) in [6, 6.07) is 12.9. The molecule has 0 N–H and O–H groups in total. The van der Waals surface area contributed by atoms with Crippen LogP contribution in [0.4, 0.5) is 0 Å². The van der Waals surface area contributed by atoms with Crippen molar-refractivity contribution in [3.05, 3.63) is 64.1 Å². The molecule has 4 heteroatoms. The Balaban J connectivity index is 2.24. The van der Waals surface area contributed by atoms with Crippen LogP contribution in [0.1, 0.15) is 22.8 Å². The first kappa shape index (κ1) is 16.3. The highest BCUT2D eigenvalue weighted by Crippen LogP contribution is 2.37. The molecule has 0 aliphatic heterocycles. The largest absolute Gasteiger partial charge is 0.493 e. The highest BCUT2D eigenvalue weighted by molar-refractivity contribution is 9.10. The van der Waals surface area contributed by atoms with Crippen LogP contribution in [-0.2, 0) is 0 Å². The van der Waals surface area contributed by atoms with Crippen LogP contribution in [0.3, 0.4) is 0 Å². The Kier molecular flexibility index (Phi) is 5.78. The van der Waals surface area contributed by atoms with Gasteiger partial charge in [-0.05, 0) is 46.6 Å². The monoisotopic (exact) mass is 360 g/mol. The van der Waals surface area contributed by atoms with Gasteiger partial charge in [-0.15, -0.1) is 0 Å². The maximum absolute atomic E-state index is 12.1. The molecule has 0 aromatic heterocycles. The molecule has 2 aromatic rings. The molecule has 0 aliphatic rings. The number of ketones is 1. The van der Waals surface area contributed by atoms with Crippen molar-refractivity contribution in [1.29, 1.82) is 0 Å². The molecule has 0 radical (unpaired) electrons. The summed E-state index contributed by atoms with van der Waals surface area (Å²) in [4.78, 5) is 12.1. The summed E-state index contributed by atoms with van der Waals surface area (Å²) < 4.78 is 11.7. The molecule has 2 aromatic carbocycles. The minimum absolute atomic E-state index is 0.0374. The first-order valence-electron chi connectivity index (χ1n) is 6.93. The highest BCUT2D eigenvalue weighted by atomic mass is 79.9. The van der Waals surface area contributed by atoms with Crippen molar-refractivity contribution < 1.29 is 14.3 Å². The van der Waals surface area contributed by atoms with Crippen LogP contribution >= 0.6 is 15.9 Å². The Bertz CT molecular complexity index is 678. The van der Waals surface area contributed by atoms with Gasteiger partial charge in [0.25, 0.3) is 0 Å². The minimum Gasteiger partial charge on any atom is -0.493 e. The van der Waals surface area contributed by atoms with Gasteiger partial charge in [-0.3, -0.25) is 4.79 Å². The number of rotatable bonds is 6. The van der Waals surface area contributed by atoms with E-state index in [1.807, 2.05) is 37.3 Å². The van der Waals surface area contributed by atoms with E-state index in [2.05, 4.69) is 15.9 Å². The van der Waals surface area contributed by atoms with Gasteiger partial charge in [-0.2, -0.15) is 0 Å². The summed E-state index contributed by atoms with van der Waals surface area (Å²) in [7, 11) is 1.59. The van der Waals surface area contributed by atoms with Gasteiger partial charge >= 0.3 is 0 Å². The Morgan fingerprint density at radius 3 is 2.59 bits per heavy atom. The molecule has 0 amide bonds. The van der Waals surface area contributed by atoms with Gasteiger partial charge in [-0.1, -0.05) is 36.4 Å². The molecule has 0 atom stereocenters. The summed E-state index contributed by atoms with van der Waals surface area (Å²) in [5.41, 5.74) is 1.52. The fraction of sp³-hybridized carbons (Fsp3) is 0.167. The molecule has 3 nitrogen and oxygen atoms in total. The maximum atomic E-state index is 12.1. The van der Waals surface area contributed by atoms with Crippen molar-refractivity contribution in [2.24, 2.45) is 0 Å². The van der Waals surface area contributed by atoms with Crippen LogP contribution in [0.2, 0.25) is 0 Å². The van der Waals surface area contributed by atoms with E-state index in [0.717, 1.165) is 10.0 Å². The van der Waals surface area contributed by atoms with Crippen molar-refractivity contribution >= 4 is 27.8 Å². The van der Waals surface area contributed by atoms with Gasteiger partial charge in [0, 0.05) is 5.56 Å². The third kappa shape index (κ3) is 3.98. The molecule has 0 unspecified atom stereocenters. The van der Waals surface area contributed by atoms with Crippen molar-refractivity contribution in [3.63, 3.8) is 0 Å². The Morgan fingerprint density at radius 2 is 1.95 bits per heavy atom. The van der Waals surface area contributed by atoms with Gasteiger partial charge in [0.1, 0.15) is 0 Å². The number of carbonyl (C=O) groups is 1. The smallest absolute Gasteiger partial charge is 0.185 e. The molecule has 0 bridgehead atoms.